The number of thiol groups is 1. The lowest BCUT2D eigenvalue weighted by molar-refractivity contribution is 0.0825. The van der Waals surface area contributed by atoms with E-state index in [1.165, 1.54) is 24.8 Å². The molecular weight excluding hydrogens is 284 g/mol. The number of hydrogen-bond acceptors (Lipinski definition) is 2. The van der Waals surface area contributed by atoms with Crippen LogP contribution in [0.3, 0.4) is 0 Å². The second-order valence-electron chi connectivity index (χ2n) is 4.71. The molecule has 16 heavy (non-hydrogen) atoms. The minimum absolute atomic E-state index is 0.336. The third-order valence-corrected chi connectivity index (χ3v) is 4.58. The van der Waals surface area contributed by atoms with Crippen molar-refractivity contribution in [1.82, 2.24) is 0 Å². The molecule has 0 atom stereocenters. The molecule has 1 aliphatic carbocycles. The minimum Gasteiger partial charge on any atom is -0.493 e. The highest BCUT2D eigenvalue weighted by Gasteiger charge is 2.36. The first kappa shape index (κ1) is 12.3. The average Bonchev–Trinajstić information content (AvgIpc) is 2.19. The SMILES string of the molecule is Cc1cc(Br)ccc1OCC1(CS)CCC1. The molecule has 0 aromatic heterocycles. The van der Waals surface area contributed by atoms with Crippen LogP contribution in [-0.2, 0) is 0 Å². The predicted molar refractivity (Wildman–Crippen MR) is 74.5 cm³/mol. The van der Waals surface area contributed by atoms with E-state index in [0.29, 0.717) is 5.41 Å². The van der Waals surface area contributed by atoms with Crippen LogP contribution in [0.4, 0.5) is 0 Å². The van der Waals surface area contributed by atoms with E-state index in [9.17, 15) is 0 Å². The molecule has 1 saturated carbocycles. The van der Waals surface area contributed by atoms with E-state index in [-0.39, 0.29) is 0 Å². The summed E-state index contributed by atoms with van der Waals surface area (Å²) in [5, 5.41) is 0. The maximum absolute atomic E-state index is 5.92. The summed E-state index contributed by atoms with van der Waals surface area (Å²) in [6.07, 6.45) is 3.83. The largest absolute Gasteiger partial charge is 0.493 e. The Kier molecular flexibility index (Phi) is 3.85. The van der Waals surface area contributed by atoms with Gasteiger partial charge in [-0.25, -0.2) is 0 Å². The van der Waals surface area contributed by atoms with Crippen molar-refractivity contribution in [2.45, 2.75) is 26.2 Å². The van der Waals surface area contributed by atoms with Crippen molar-refractivity contribution in [3.8, 4) is 5.75 Å². The molecule has 0 spiro atoms. The Hall–Kier alpha value is -0.150. The van der Waals surface area contributed by atoms with E-state index in [1.54, 1.807) is 0 Å². The molecule has 1 aliphatic rings. The van der Waals surface area contributed by atoms with Gasteiger partial charge in [0, 0.05) is 9.89 Å². The van der Waals surface area contributed by atoms with Gasteiger partial charge in [0.2, 0.25) is 0 Å². The molecule has 0 unspecified atom stereocenters. The van der Waals surface area contributed by atoms with Crippen molar-refractivity contribution >= 4 is 28.6 Å². The molecule has 2 rings (SSSR count). The maximum atomic E-state index is 5.92. The molecule has 0 heterocycles. The summed E-state index contributed by atoms with van der Waals surface area (Å²) in [6.45, 7) is 2.88. The lowest BCUT2D eigenvalue weighted by Crippen LogP contribution is -2.37. The van der Waals surface area contributed by atoms with E-state index in [0.717, 1.165) is 22.6 Å². The van der Waals surface area contributed by atoms with Crippen molar-refractivity contribution in [3.63, 3.8) is 0 Å². The molecule has 1 nitrogen and oxygen atoms in total. The Labute approximate surface area is 111 Å². The second-order valence-corrected chi connectivity index (χ2v) is 5.94. The van der Waals surface area contributed by atoms with Crippen LogP contribution in [0.15, 0.2) is 22.7 Å². The maximum Gasteiger partial charge on any atom is 0.122 e. The molecule has 0 saturated heterocycles. The summed E-state index contributed by atoms with van der Waals surface area (Å²) in [5.41, 5.74) is 1.52. The van der Waals surface area contributed by atoms with Crippen LogP contribution in [0.5, 0.6) is 5.75 Å². The van der Waals surface area contributed by atoms with Gasteiger partial charge in [-0.15, -0.1) is 0 Å². The molecule has 1 aromatic rings. The van der Waals surface area contributed by atoms with Gasteiger partial charge in [0.1, 0.15) is 5.75 Å². The van der Waals surface area contributed by atoms with Crippen LogP contribution in [0.1, 0.15) is 24.8 Å². The van der Waals surface area contributed by atoms with Gasteiger partial charge in [0.15, 0.2) is 0 Å². The number of halogens is 1. The normalized spacial score (nSPS) is 17.9. The van der Waals surface area contributed by atoms with E-state index in [4.69, 9.17) is 4.74 Å². The smallest absolute Gasteiger partial charge is 0.122 e. The second kappa shape index (κ2) is 5.01. The zero-order chi connectivity index (χ0) is 11.6. The van der Waals surface area contributed by atoms with Crippen molar-refractivity contribution in [1.29, 1.82) is 0 Å². The molecule has 0 aliphatic heterocycles. The first-order valence-electron chi connectivity index (χ1n) is 5.65. The Morgan fingerprint density at radius 2 is 2.19 bits per heavy atom. The molecule has 1 aromatic carbocycles. The van der Waals surface area contributed by atoms with Crippen LogP contribution in [-0.4, -0.2) is 12.4 Å². The van der Waals surface area contributed by atoms with E-state index < -0.39 is 0 Å². The van der Waals surface area contributed by atoms with E-state index >= 15 is 0 Å². The predicted octanol–water partition coefficient (Wildman–Crippen LogP) is 4.24. The third-order valence-electron chi connectivity index (χ3n) is 3.42. The van der Waals surface area contributed by atoms with E-state index in [2.05, 4.69) is 41.5 Å². The van der Waals surface area contributed by atoms with Crippen molar-refractivity contribution in [2.24, 2.45) is 5.41 Å². The Morgan fingerprint density at radius 3 is 2.69 bits per heavy atom. The molecule has 0 bridgehead atoms. The third kappa shape index (κ3) is 2.57. The average molecular weight is 301 g/mol. The van der Waals surface area contributed by atoms with Gasteiger partial charge in [-0.2, -0.15) is 12.6 Å². The molecule has 0 amide bonds. The van der Waals surface area contributed by atoms with E-state index in [1.807, 2.05) is 12.1 Å². The monoisotopic (exact) mass is 300 g/mol. The fourth-order valence-corrected chi connectivity index (χ4v) is 2.91. The van der Waals surface area contributed by atoms with Crippen molar-refractivity contribution in [2.75, 3.05) is 12.4 Å². The van der Waals surface area contributed by atoms with Gasteiger partial charge in [0.25, 0.3) is 0 Å². The fraction of sp³-hybridized carbons (Fsp3) is 0.538. The van der Waals surface area contributed by atoms with Gasteiger partial charge < -0.3 is 4.74 Å². The quantitative estimate of drug-likeness (QED) is 0.819. The summed E-state index contributed by atoms with van der Waals surface area (Å²) in [4.78, 5) is 0. The first-order chi connectivity index (χ1) is 7.65. The molecule has 0 radical (unpaired) electrons. The van der Waals surface area contributed by atoms with Crippen molar-refractivity contribution < 1.29 is 4.74 Å². The van der Waals surface area contributed by atoms with Gasteiger partial charge in [-0.05, 0) is 49.3 Å². The zero-order valence-electron chi connectivity index (χ0n) is 9.50. The molecule has 1 fully saturated rings. The Morgan fingerprint density at radius 1 is 1.44 bits per heavy atom. The number of benzene rings is 1. The molecular formula is C13H17BrOS. The lowest BCUT2D eigenvalue weighted by Gasteiger charge is -2.40. The minimum atomic E-state index is 0.336. The van der Waals surface area contributed by atoms with Crippen LogP contribution in [0, 0.1) is 12.3 Å². The summed E-state index contributed by atoms with van der Waals surface area (Å²) >= 11 is 7.89. The highest BCUT2D eigenvalue weighted by atomic mass is 79.9. The molecule has 0 N–H and O–H groups in total. The Balaban J connectivity index is 1.99. The number of hydrogen-bond donors (Lipinski definition) is 1. The summed E-state index contributed by atoms with van der Waals surface area (Å²) in [5.74, 6) is 1.93. The Bertz CT molecular complexity index is 369. The van der Waals surface area contributed by atoms with Crippen LogP contribution >= 0.6 is 28.6 Å². The first-order valence-corrected chi connectivity index (χ1v) is 7.08. The summed E-state index contributed by atoms with van der Waals surface area (Å²) < 4.78 is 7.02. The number of ether oxygens (including phenoxy) is 1. The highest BCUT2D eigenvalue weighted by molar-refractivity contribution is 9.10. The topological polar surface area (TPSA) is 9.23 Å². The molecule has 3 heteroatoms. The van der Waals surface area contributed by atoms with Gasteiger partial charge in [-0.1, -0.05) is 22.4 Å². The molecule has 88 valence electrons. The van der Waals surface area contributed by atoms with Gasteiger partial charge >= 0.3 is 0 Å². The summed E-state index contributed by atoms with van der Waals surface area (Å²) in [7, 11) is 0. The fourth-order valence-electron chi connectivity index (χ4n) is 2.03. The van der Waals surface area contributed by atoms with Crippen LogP contribution in [0.2, 0.25) is 0 Å². The van der Waals surface area contributed by atoms with Crippen LogP contribution in [0.25, 0.3) is 0 Å². The van der Waals surface area contributed by atoms with Crippen molar-refractivity contribution in [3.05, 3.63) is 28.2 Å². The lowest BCUT2D eigenvalue weighted by atomic mass is 9.71. The van der Waals surface area contributed by atoms with Crippen LogP contribution < -0.4 is 4.74 Å². The van der Waals surface area contributed by atoms with Gasteiger partial charge in [0.05, 0.1) is 6.61 Å². The van der Waals surface area contributed by atoms with Gasteiger partial charge in [-0.3, -0.25) is 0 Å². The number of rotatable bonds is 4. The number of aryl methyl sites for hydroxylation is 1. The highest BCUT2D eigenvalue weighted by Crippen LogP contribution is 2.42. The summed E-state index contributed by atoms with van der Waals surface area (Å²) in [6, 6.07) is 6.14. The zero-order valence-corrected chi connectivity index (χ0v) is 12.0. The standard InChI is InChI=1S/C13H17BrOS/c1-10-7-11(14)3-4-12(10)15-8-13(9-16)5-2-6-13/h3-4,7,16H,2,5-6,8-9H2,1H3.